The minimum absolute atomic E-state index is 0.116. The van der Waals surface area contributed by atoms with Crippen LogP contribution in [0.25, 0.3) is 5.57 Å². The van der Waals surface area contributed by atoms with E-state index in [1.54, 1.807) is 39.0 Å². The summed E-state index contributed by atoms with van der Waals surface area (Å²) in [6.45, 7) is 28.4. The van der Waals surface area contributed by atoms with E-state index in [2.05, 4.69) is 135 Å². The predicted octanol–water partition coefficient (Wildman–Crippen LogP) is 20.7. The third-order valence-corrected chi connectivity index (χ3v) is 24.2. The number of hydrogen-bond donors (Lipinski definition) is 0. The molecule has 0 radical (unpaired) electrons. The molecule has 1 nitrogen and oxygen atoms in total. The van der Waals surface area contributed by atoms with Gasteiger partial charge in [0.25, 0.3) is 0 Å². The van der Waals surface area contributed by atoms with Crippen LogP contribution in [0.1, 0.15) is 289 Å². The molecule has 2 aromatic carbocycles. The van der Waals surface area contributed by atoms with Crippen LogP contribution in [0, 0.1) is 11.8 Å². The molecule has 0 saturated heterocycles. The maximum absolute atomic E-state index is 3.22. The first-order valence-corrected chi connectivity index (χ1v) is 33.1. The van der Waals surface area contributed by atoms with Crippen molar-refractivity contribution in [2.75, 3.05) is 0 Å². The number of unbranched alkanes of at least 4 members (excludes halogenated alkanes) is 18. The highest BCUT2D eigenvalue weighted by Gasteiger charge is 2.57. The van der Waals surface area contributed by atoms with Gasteiger partial charge in [0.1, 0.15) is 8.24 Å². The van der Waals surface area contributed by atoms with Gasteiger partial charge in [-0.15, -0.1) is 0 Å². The summed E-state index contributed by atoms with van der Waals surface area (Å²) in [4.78, 5) is 0. The van der Waals surface area contributed by atoms with Crippen LogP contribution in [0.3, 0.4) is 0 Å². The molecule has 2 aromatic rings. The molecule has 0 spiro atoms. The molecule has 68 heavy (non-hydrogen) atoms. The molecule has 0 N–H and O–H groups in total. The van der Waals surface area contributed by atoms with Gasteiger partial charge < -0.3 is 4.57 Å². The van der Waals surface area contributed by atoms with Crippen LogP contribution in [0.15, 0.2) is 60.2 Å². The van der Waals surface area contributed by atoms with Crippen molar-refractivity contribution in [1.29, 1.82) is 0 Å². The topological polar surface area (TPSA) is 3.24 Å². The summed E-state index contributed by atoms with van der Waals surface area (Å²) in [5, 5.41) is 0. The molecule has 0 aliphatic heterocycles. The molecule has 2 fully saturated rings. The quantitative estimate of drug-likeness (QED) is 0.0671. The molecule has 7 rings (SSSR count). The summed E-state index contributed by atoms with van der Waals surface area (Å²) in [5.74, 6) is 1.74. The van der Waals surface area contributed by atoms with E-state index >= 15 is 0 Å². The second kappa shape index (κ2) is 23.8. The van der Waals surface area contributed by atoms with Gasteiger partial charge in [-0.25, -0.2) is 0 Å². The van der Waals surface area contributed by atoms with Gasteiger partial charge in [-0.05, 0) is 139 Å². The lowest BCUT2D eigenvalue weighted by molar-refractivity contribution is 0.140. The molecule has 5 aliphatic rings. The Labute approximate surface area is 423 Å². The van der Waals surface area contributed by atoms with Gasteiger partial charge in [0, 0.05) is 17.0 Å². The Kier molecular flexibility index (Phi) is 18.8. The van der Waals surface area contributed by atoms with E-state index < -0.39 is 8.24 Å². The smallest absolute Gasteiger partial charge is 0.126 e. The van der Waals surface area contributed by atoms with Crippen molar-refractivity contribution >= 4 is 13.8 Å². The maximum Gasteiger partial charge on any atom is 0.126 e. The van der Waals surface area contributed by atoms with E-state index in [0.717, 1.165) is 11.6 Å². The molecule has 0 bridgehead atoms. The second-order valence-electron chi connectivity index (χ2n) is 26.8. The molecule has 0 heterocycles. The lowest BCUT2D eigenvalue weighted by Gasteiger charge is -2.55. The Balaban J connectivity index is 1.30. The summed E-state index contributed by atoms with van der Waals surface area (Å²) in [6.07, 6.45) is 47.9. The first kappa shape index (κ1) is 53.9. The minimum Gasteiger partial charge on any atom is -0.316 e. The molecule has 4 unspecified atom stereocenters. The van der Waals surface area contributed by atoms with E-state index in [1.165, 1.54) is 193 Å². The molecule has 2 saturated carbocycles. The SMILES string of the molecule is CCCCCCCCCCCCC1(CCCCCCCCCCCC)C2=CC3C(c4ccccc4)CC([Si](C)(C)N(C4CCCCC4)C(C)(C)C)C3C=C2c2cc3c(cc21)C(C)(C)CCC3(C)C. The lowest BCUT2D eigenvalue weighted by atomic mass is 9.61. The number of benzene rings is 2. The van der Waals surface area contributed by atoms with Crippen molar-refractivity contribution in [1.82, 2.24) is 4.57 Å². The third kappa shape index (κ3) is 12.1. The number of allylic oxidation sites excluding steroid dienone is 4. The molecule has 0 aromatic heterocycles. The van der Waals surface area contributed by atoms with Crippen molar-refractivity contribution in [2.24, 2.45) is 11.8 Å². The average molecular weight is 943 g/mol. The summed E-state index contributed by atoms with van der Waals surface area (Å²) >= 11 is 0. The van der Waals surface area contributed by atoms with Gasteiger partial charge in [0.15, 0.2) is 0 Å². The van der Waals surface area contributed by atoms with Crippen molar-refractivity contribution in [3.63, 3.8) is 0 Å². The lowest BCUT2D eigenvalue weighted by Crippen LogP contribution is -2.64. The molecular formula is C66H107NSi. The Bertz CT molecular complexity index is 1910. The normalized spacial score (nSPS) is 24.1. The van der Waals surface area contributed by atoms with Gasteiger partial charge in [0.05, 0.1) is 0 Å². The highest BCUT2D eigenvalue weighted by molar-refractivity contribution is 6.76. The highest BCUT2D eigenvalue weighted by atomic mass is 28.3. The van der Waals surface area contributed by atoms with Crippen LogP contribution in [0.2, 0.25) is 18.6 Å². The van der Waals surface area contributed by atoms with Gasteiger partial charge in [-0.3, -0.25) is 0 Å². The number of rotatable bonds is 26. The second-order valence-corrected chi connectivity index (χ2v) is 31.3. The summed E-state index contributed by atoms with van der Waals surface area (Å²) < 4.78 is 3.22. The molecule has 2 heteroatoms. The van der Waals surface area contributed by atoms with E-state index in [-0.39, 0.29) is 21.8 Å². The Morgan fingerprint density at radius 3 is 1.56 bits per heavy atom. The van der Waals surface area contributed by atoms with Crippen LogP contribution < -0.4 is 0 Å². The van der Waals surface area contributed by atoms with Gasteiger partial charge >= 0.3 is 0 Å². The zero-order valence-electron chi connectivity index (χ0n) is 46.7. The fourth-order valence-corrected chi connectivity index (χ4v) is 21.3. The first-order valence-electron chi connectivity index (χ1n) is 30.1. The van der Waals surface area contributed by atoms with Gasteiger partial charge in [0.2, 0.25) is 0 Å². The van der Waals surface area contributed by atoms with Gasteiger partial charge in [-0.1, -0.05) is 257 Å². The van der Waals surface area contributed by atoms with Crippen molar-refractivity contribution < 1.29 is 0 Å². The van der Waals surface area contributed by atoms with Crippen molar-refractivity contribution in [3.8, 4) is 0 Å². The molecule has 0 amide bonds. The Morgan fingerprint density at radius 1 is 0.574 bits per heavy atom. The van der Waals surface area contributed by atoms with E-state index in [1.807, 2.05) is 0 Å². The fourth-order valence-electron chi connectivity index (χ4n) is 15.9. The Hall–Kier alpha value is -1.90. The molecule has 5 aliphatic carbocycles. The van der Waals surface area contributed by atoms with Crippen molar-refractivity contribution in [3.05, 3.63) is 88.0 Å². The van der Waals surface area contributed by atoms with Crippen molar-refractivity contribution in [2.45, 2.75) is 307 Å². The monoisotopic (exact) mass is 942 g/mol. The predicted molar refractivity (Wildman–Crippen MR) is 303 cm³/mol. The molecule has 380 valence electrons. The van der Waals surface area contributed by atoms with Crippen LogP contribution in [-0.4, -0.2) is 24.4 Å². The van der Waals surface area contributed by atoms with E-state index in [9.17, 15) is 0 Å². The largest absolute Gasteiger partial charge is 0.316 e. The minimum atomic E-state index is -1.98. The average Bonchev–Trinajstić information content (AvgIpc) is 3.81. The summed E-state index contributed by atoms with van der Waals surface area (Å²) in [5.41, 5.74) is 13.3. The number of hydrogen-bond acceptors (Lipinski definition) is 1. The number of nitrogens with zero attached hydrogens (tertiary/aromatic N) is 1. The summed E-state index contributed by atoms with van der Waals surface area (Å²) in [7, 11) is -1.98. The zero-order chi connectivity index (χ0) is 48.6. The highest BCUT2D eigenvalue weighted by Crippen LogP contribution is 2.66. The van der Waals surface area contributed by atoms with E-state index in [4.69, 9.17) is 0 Å². The van der Waals surface area contributed by atoms with Crippen LogP contribution in [0.4, 0.5) is 0 Å². The van der Waals surface area contributed by atoms with Gasteiger partial charge in [-0.2, -0.15) is 0 Å². The standard InChI is InChI=1S/C66H107NSi/c1-12-14-16-18-20-22-24-26-28-36-42-66(43-37-29-27-25-23-21-19-17-15-13-2)58-47-54-53(51-38-32-30-33-39-51)49-62(68(10,11)67(63(3,4)5)52-40-34-31-35-41-52)57(54)46-55(58)56-48-60-61(50-59(56)66)65(8,9)45-44-64(60,6)7/h30,32-33,38-39,46-48,50,52-54,57,62H,12-29,31,34-37,40-45,49H2,1-11H3. The zero-order valence-corrected chi connectivity index (χ0v) is 47.7. The first-order chi connectivity index (χ1) is 32.6. The van der Waals surface area contributed by atoms with Crippen LogP contribution in [0.5, 0.6) is 0 Å². The Morgan fingerprint density at radius 2 is 1.06 bits per heavy atom. The number of fused-ring (bicyclic) bond motifs is 5. The van der Waals surface area contributed by atoms with Crippen LogP contribution in [-0.2, 0) is 16.2 Å². The third-order valence-electron chi connectivity index (χ3n) is 19.5. The maximum atomic E-state index is 3.22. The molecule has 4 atom stereocenters. The van der Waals surface area contributed by atoms with Crippen LogP contribution >= 0.6 is 0 Å². The van der Waals surface area contributed by atoms with E-state index in [0.29, 0.717) is 17.8 Å². The fraction of sp³-hybridized carbons (Fsp3) is 0.758. The summed E-state index contributed by atoms with van der Waals surface area (Å²) in [6, 6.07) is 18.5. The molecular weight excluding hydrogens is 835 g/mol.